The lowest BCUT2D eigenvalue weighted by Crippen LogP contribution is -2.34. The largest absolute Gasteiger partial charge is 0.381 e. The Labute approximate surface area is 119 Å². The zero-order valence-electron chi connectivity index (χ0n) is 11.4. The average Bonchev–Trinajstić information content (AvgIpc) is 2.87. The van der Waals surface area contributed by atoms with Crippen LogP contribution in [0, 0.1) is 0 Å². The van der Waals surface area contributed by atoms with Gasteiger partial charge in [-0.1, -0.05) is 12.1 Å². The Morgan fingerprint density at radius 2 is 2.10 bits per heavy atom. The summed E-state index contributed by atoms with van der Waals surface area (Å²) in [4.78, 5) is 4.12. The molecule has 1 aromatic carbocycles. The Balaban J connectivity index is 1.94. The number of nitrogens with one attached hydrogen (secondary N) is 1. The quantitative estimate of drug-likeness (QED) is 0.944. The molecule has 2 unspecified atom stereocenters. The molecule has 0 radical (unpaired) electrons. The first-order valence-corrected chi connectivity index (χ1v) is 8.79. The molecule has 1 heterocycles. The first-order valence-electron chi connectivity index (χ1n) is 6.84. The number of hydrogen-bond acceptors (Lipinski definition) is 4. The maximum Gasteiger partial charge on any atom is 0.152 e. The molecule has 3 rings (SSSR count). The van der Waals surface area contributed by atoms with Gasteiger partial charge in [0, 0.05) is 41.2 Å². The van der Waals surface area contributed by atoms with Gasteiger partial charge in [-0.3, -0.25) is 4.98 Å². The third kappa shape index (κ3) is 2.50. The maximum absolute atomic E-state index is 11.8. The molecule has 0 spiro atoms. The summed E-state index contributed by atoms with van der Waals surface area (Å²) in [5, 5.41) is 5.30. The molecule has 1 aliphatic carbocycles. The molecule has 5 heteroatoms. The summed E-state index contributed by atoms with van der Waals surface area (Å²) in [6.45, 7) is 0. The van der Waals surface area contributed by atoms with Crippen LogP contribution in [-0.2, 0) is 9.84 Å². The SMILES string of the molecule is CS(=O)(=O)C1CCCC1Nc1cccc2cnccc12. The van der Waals surface area contributed by atoms with Crippen molar-refractivity contribution in [2.75, 3.05) is 11.6 Å². The van der Waals surface area contributed by atoms with Crippen LogP contribution in [0.3, 0.4) is 0 Å². The number of nitrogens with zero attached hydrogens (tertiary/aromatic N) is 1. The van der Waals surface area contributed by atoms with Gasteiger partial charge >= 0.3 is 0 Å². The number of aromatic nitrogens is 1. The lowest BCUT2D eigenvalue weighted by Gasteiger charge is -2.21. The molecular formula is C15H18N2O2S. The number of sulfone groups is 1. The number of hydrogen-bond donors (Lipinski definition) is 1. The highest BCUT2D eigenvalue weighted by Crippen LogP contribution is 2.30. The van der Waals surface area contributed by atoms with E-state index in [-0.39, 0.29) is 11.3 Å². The van der Waals surface area contributed by atoms with Gasteiger partial charge in [-0.2, -0.15) is 0 Å². The van der Waals surface area contributed by atoms with E-state index in [4.69, 9.17) is 0 Å². The van der Waals surface area contributed by atoms with Crippen molar-refractivity contribution in [3.05, 3.63) is 36.7 Å². The first-order chi connectivity index (χ1) is 9.55. The monoisotopic (exact) mass is 290 g/mol. The van der Waals surface area contributed by atoms with Crippen molar-refractivity contribution >= 4 is 26.3 Å². The normalized spacial score (nSPS) is 23.1. The summed E-state index contributed by atoms with van der Waals surface area (Å²) < 4.78 is 23.7. The standard InChI is InChI=1S/C15H18N2O2S/c1-20(18,19)15-7-3-6-14(15)17-13-5-2-4-11-10-16-9-8-12(11)13/h2,4-5,8-10,14-15,17H,3,6-7H2,1H3. The fourth-order valence-electron chi connectivity index (χ4n) is 3.05. The topological polar surface area (TPSA) is 59.1 Å². The second-order valence-corrected chi connectivity index (χ2v) is 7.72. The van der Waals surface area contributed by atoms with Crippen molar-refractivity contribution in [1.29, 1.82) is 0 Å². The molecule has 0 saturated heterocycles. The van der Waals surface area contributed by atoms with Gasteiger partial charge in [0.05, 0.1) is 5.25 Å². The van der Waals surface area contributed by atoms with E-state index in [0.29, 0.717) is 0 Å². The second kappa shape index (κ2) is 5.05. The summed E-state index contributed by atoms with van der Waals surface area (Å²) in [6.07, 6.45) is 7.54. The lowest BCUT2D eigenvalue weighted by molar-refractivity contribution is 0.579. The molecule has 1 aliphatic rings. The van der Waals surface area contributed by atoms with Gasteiger partial charge in [0.15, 0.2) is 9.84 Å². The molecule has 2 aromatic rings. The molecule has 0 bridgehead atoms. The Kier molecular flexibility index (Phi) is 3.38. The Hall–Kier alpha value is -1.62. The molecular weight excluding hydrogens is 272 g/mol. The highest BCUT2D eigenvalue weighted by molar-refractivity contribution is 7.91. The molecule has 2 atom stereocenters. The summed E-state index contributed by atoms with van der Waals surface area (Å²) in [7, 11) is -3.00. The minimum Gasteiger partial charge on any atom is -0.381 e. The van der Waals surface area contributed by atoms with E-state index in [2.05, 4.69) is 10.3 Å². The number of fused-ring (bicyclic) bond motifs is 1. The maximum atomic E-state index is 11.8. The molecule has 1 N–H and O–H groups in total. The Morgan fingerprint density at radius 1 is 1.25 bits per heavy atom. The van der Waals surface area contributed by atoms with Crippen molar-refractivity contribution in [2.24, 2.45) is 0 Å². The fraction of sp³-hybridized carbons (Fsp3) is 0.400. The fourth-order valence-corrected chi connectivity index (χ4v) is 4.45. The van der Waals surface area contributed by atoms with Crippen LogP contribution in [0.5, 0.6) is 0 Å². The van der Waals surface area contributed by atoms with E-state index in [0.717, 1.165) is 35.7 Å². The van der Waals surface area contributed by atoms with Crippen molar-refractivity contribution in [3.8, 4) is 0 Å². The number of anilines is 1. The van der Waals surface area contributed by atoms with E-state index in [1.807, 2.05) is 30.5 Å². The van der Waals surface area contributed by atoms with Gasteiger partial charge in [-0.05, 0) is 31.4 Å². The molecule has 20 heavy (non-hydrogen) atoms. The zero-order chi connectivity index (χ0) is 14.2. The van der Waals surface area contributed by atoms with Gasteiger partial charge in [0.1, 0.15) is 0 Å². The van der Waals surface area contributed by atoms with Crippen LogP contribution in [0.1, 0.15) is 19.3 Å². The van der Waals surface area contributed by atoms with Crippen molar-refractivity contribution in [1.82, 2.24) is 4.98 Å². The highest BCUT2D eigenvalue weighted by atomic mass is 32.2. The van der Waals surface area contributed by atoms with E-state index in [1.54, 1.807) is 6.20 Å². The molecule has 1 fully saturated rings. The lowest BCUT2D eigenvalue weighted by atomic mass is 10.1. The molecule has 1 saturated carbocycles. The van der Waals surface area contributed by atoms with Crippen LogP contribution in [-0.4, -0.2) is 30.9 Å². The molecule has 1 aromatic heterocycles. The van der Waals surface area contributed by atoms with Crippen molar-refractivity contribution in [3.63, 3.8) is 0 Å². The summed E-state index contributed by atoms with van der Waals surface area (Å²) in [5.74, 6) is 0. The molecule has 106 valence electrons. The van der Waals surface area contributed by atoms with Crippen molar-refractivity contribution < 1.29 is 8.42 Å². The van der Waals surface area contributed by atoms with Crippen LogP contribution in [0.4, 0.5) is 5.69 Å². The van der Waals surface area contributed by atoms with Crippen molar-refractivity contribution in [2.45, 2.75) is 30.6 Å². The Bertz CT molecular complexity index is 722. The number of pyridine rings is 1. The van der Waals surface area contributed by atoms with Crippen LogP contribution in [0.2, 0.25) is 0 Å². The van der Waals surface area contributed by atoms with Crippen LogP contribution in [0.15, 0.2) is 36.7 Å². The molecule has 0 amide bonds. The van der Waals surface area contributed by atoms with Gasteiger partial charge < -0.3 is 5.32 Å². The number of rotatable bonds is 3. The zero-order valence-corrected chi connectivity index (χ0v) is 12.2. The highest BCUT2D eigenvalue weighted by Gasteiger charge is 2.34. The first kappa shape index (κ1) is 13.4. The summed E-state index contributed by atoms with van der Waals surface area (Å²) in [5.41, 5.74) is 0.991. The molecule has 4 nitrogen and oxygen atoms in total. The third-order valence-corrected chi connectivity index (χ3v) is 5.69. The average molecular weight is 290 g/mol. The Morgan fingerprint density at radius 3 is 2.90 bits per heavy atom. The summed E-state index contributed by atoms with van der Waals surface area (Å²) in [6, 6.07) is 7.94. The van der Waals surface area contributed by atoms with Gasteiger partial charge in [-0.25, -0.2) is 8.42 Å². The van der Waals surface area contributed by atoms with Crippen LogP contribution >= 0.6 is 0 Å². The number of benzene rings is 1. The third-order valence-electron chi connectivity index (χ3n) is 4.02. The predicted octanol–water partition coefficient (Wildman–Crippen LogP) is 2.61. The minimum atomic E-state index is -3.00. The van der Waals surface area contributed by atoms with Gasteiger partial charge in [0.25, 0.3) is 0 Å². The van der Waals surface area contributed by atoms with E-state index < -0.39 is 9.84 Å². The smallest absolute Gasteiger partial charge is 0.152 e. The van der Waals surface area contributed by atoms with Crippen LogP contribution in [0.25, 0.3) is 10.8 Å². The summed E-state index contributed by atoms with van der Waals surface area (Å²) >= 11 is 0. The van der Waals surface area contributed by atoms with E-state index in [1.165, 1.54) is 6.26 Å². The predicted molar refractivity (Wildman–Crippen MR) is 81.6 cm³/mol. The van der Waals surface area contributed by atoms with E-state index in [9.17, 15) is 8.42 Å². The van der Waals surface area contributed by atoms with E-state index >= 15 is 0 Å². The van der Waals surface area contributed by atoms with Crippen LogP contribution < -0.4 is 5.32 Å². The van der Waals surface area contributed by atoms with Gasteiger partial charge in [0.2, 0.25) is 0 Å². The second-order valence-electron chi connectivity index (χ2n) is 5.45. The molecule has 0 aliphatic heterocycles. The van der Waals surface area contributed by atoms with Gasteiger partial charge in [-0.15, -0.1) is 0 Å². The minimum absolute atomic E-state index is 0.00349.